The monoisotopic (exact) mass is 315 g/mol. The van der Waals surface area contributed by atoms with Gasteiger partial charge >= 0.3 is 0 Å². The van der Waals surface area contributed by atoms with Gasteiger partial charge in [-0.2, -0.15) is 0 Å². The van der Waals surface area contributed by atoms with Gasteiger partial charge in [-0.1, -0.05) is 43.7 Å². The van der Waals surface area contributed by atoms with Crippen LogP contribution < -0.4 is 11.1 Å². The highest BCUT2D eigenvalue weighted by Gasteiger charge is 2.21. The van der Waals surface area contributed by atoms with Crippen LogP contribution in [0.25, 0.3) is 0 Å². The van der Waals surface area contributed by atoms with Crippen LogP contribution in [-0.2, 0) is 22.7 Å². The molecule has 23 heavy (non-hydrogen) atoms. The van der Waals surface area contributed by atoms with E-state index in [-0.39, 0.29) is 17.9 Å². The molecule has 2 atom stereocenters. The van der Waals surface area contributed by atoms with Gasteiger partial charge in [-0.25, -0.2) is 0 Å². The lowest BCUT2D eigenvalue weighted by molar-refractivity contribution is -0.126. The highest BCUT2D eigenvalue weighted by molar-refractivity contribution is 5.88. The molecule has 1 aliphatic rings. The van der Waals surface area contributed by atoms with Gasteiger partial charge in [0, 0.05) is 25.2 Å². The van der Waals surface area contributed by atoms with E-state index in [2.05, 4.69) is 24.4 Å². The molecular formula is C18H25N3O2. The maximum absolute atomic E-state index is 12.4. The van der Waals surface area contributed by atoms with Crippen molar-refractivity contribution in [1.82, 2.24) is 10.2 Å². The molecule has 3 N–H and O–H groups in total. The van der Waals surface area contributed by atoms with Crippen molar-refractivity contribution < 1.29 is 9.59 Å². The van der Waals surface area contributed by atoms with Crippen LogP contribution in [-0.4, -0.2) is 28.8 Å². The number of nitrogens with two attached hydrogens (primary N) is 1. The van der Waals surface area contributed by atoms with Crippen molar-refractivity contribution in [3.05, 3.63) is 47.5 Å². The minimum Gasteiger partial charge on any atom is -0.368 e. The Morgan fingerprint density at radius 3 is 2.43 bits per heavy atom. The Bertz CT molecular complexity index is 573. The minimum absolute atomic E-state index is 0.00386. The lowest BCUT2D eigenvalue weighted by Gasteiger charge is -2.18. The number of primary amides is 1. The predicted molar refractivity (Wildman–Crippen MR) is 90.3 cm³/mol. The third-order valence-electron chi connectivity index (χ3n) is 4.11. The number of hydrogen-bond donors (Lipinski definition) is 2. The van der Waals surface area contributed by atoms with E-state index in [0.717, 1.165) is 12.8 Å². The molecule has 124 valence electrons. The fraction of sp³-hybridized carbons (Fsp3) is 0.444. The number of hydrogen-bond acceptors (Lipinski definition) is 3. The Morgan fingerprint density at radius 2 is 1.91 bits per heavy atom. The van der Waals surface area contributed by atoms with Gasteiger partial charge in [0.05, 0.1) is 6.04 Å². The van der Waals surface area contributed by atoms with Crippen LogP contribution in [0.1, 0.15) is 37.8 Å². The van der Waals surface area contributed by atoms with Crippen molar-refractivity contribution in [3.8, 4) is 0 Å². The molecular weight excluding hydrogens is 290 g/mol. The quantitative estimate of drug-likeness (QED) is 0.752. The smallest absolute Gasteiger partial charge is 0.246 e. The van der Waals surface area contributed by atoms with E-state index in [1.165, 1.54) is 11.1 Å². The van der Waals surface area contributed by atoms with Crippen molar-refractivity contribution in [2.24, 2.45) is 5.73 Å². The number of amides is 2. The van der Waals surface area contributed by atoms with Crippen LogP contribution in [0.15, 0.2) is 36.4 Å². The second-order valence-corrected chi connectivity index (χ2v) is 6.01. The molecule has 0 saturated heterocycles. The summed E-state index contributed by atoms with van der Waals surface area (Å²) in [5.74, 6) is -0.392. The first kappa shape index (κ1) is 17.2. The molecule has 2 amide bonds. The first-order valence-electron chi connectivity index (χ1n) is 8.10. The molecule has 0 unspecified atom stereocenters. The zero-order valence-electron chi connectivity index (χ0n) is 13.8. The van der Waals surface area contributed by atoms with E-state index in [4.69, 9.17) is 5.73 Å². The summed E-state index contributed by atoms with van der Waals surface area (Å²) >= 11 is 0. The Morgan fingerprint density at radius 1 is 1.30 bits per heavy atom. The van der Waals surface area contributed by atoms with Crippen LogP contribution in [0, 0.1) is 0 Å². The molecule has 0 radical (unpaired) electrons. The van der Waals surface area contributed by atoms with Crippen LogP contribution in [0.4, 0.5) is 0 Å². The van der Waals surface area contributed by atoms with Crippen LogP contribution in [0.5, 0.6) is 0 Å². The molecule has 0 fully saturated rings. The zero-order chi connectivity index (χ0) is 16.8. The average Bonchev–Trinajstić information content (AvgIpc) is 2.96. The number of carbonyl (C=O) groups is 2. The summed E-state index contributed by atoms with van der Waals surface area (Å²) in [6.45, 7) is 5.11. The van der Waals surface area contributed by atoms with E-state index in [1.807, 2.05) is 23.1 Å². The van der Waals surface area contributed by atoms with Gasteiger partial charge in [-0.15, -0.1) is 0 Å². The number of rotatable bonds is 7. The molecule has 1 aromatic rings. The van der Waals surface area contributed by atoms with E-state index in [0.29, 0.717) is 13.1 Å². The topological polar surface area (TPSA) is 75.4 Å². The Labute approximate surface area is 137 Å². The van der Waals surface area contributed by atoms with Gasteiger partial charge in [-0.05, 0) is 24.5 Å². The van der Waals surface area contributed by atoms with Gasteiger partial charge < -0.3 is 10.6 Å². The second kappa shape index (κ2) is 7.92. The fourth-order valence-corrected chi connectivity index (χ4v) is 2.74. The van der Waals surface area contributed by atoms with Gasteiger partial charge in [0.15, 0.2) is 0 Å². The summed E-state index contributed by atoms with van der Waals surface area (Å²) in [6, 6.07) is 7.66. The summed E-state index contributed by atoms with van der Waals surface area (Å²) in [6.07, 6.45) is 5.25. The molecule has 5 nitrogen and oxygen atoms in total. The predicted octanol–water partition coefficient (Wildman–Crippen LogP) is 1.72. The lowest BCUT2D eigenvalue weighted by Crippen LogP contribution is -2.43. The first-order chi connectivity index (χ1) is 11.0. The number of fused-ring (bicyclic) bond motifs is 1. The maximum atomic E-state index is 12.4. The molecule has 1 heterocycles. The number of benzene rings is 1. The lowest BCUT2D eigenvalue weighted by atomic mass is 10.1. The van der Waals surface area contributed by atoms with E-state index < -0.39 is 6.04 Å². The van der Waals surface area contributed by atoms with Gasteiger partial charge in [0.1, 0.15) is 0 Å². The molecule has 0 aromatic heterocycles. The van der Waals surface area contributed by atoms with Crippen LogP contribution in [0.2, 0.25) is 0 Å². The molecule has 5 heteroatoms. The van der Waals surface area contributed by atoms with Gasteiger partial charge in [0.2, 0.25) is 11.8 Å². The highest BCUT2D eigenvalue weighted by Crippen LogP contribution is 2.22. The fourth-order valence-electron chi connectivity index (χ4n) is 2.74. The molecule has 1 aliphatic heterocycles. The van der Waals surface area contributed by atoms with Crippen LogP contribution >= 0.6 is 0 Å². The summed E-state index contributed by atoms with van der Waals surface area (Å²) < 4.78 is 0. The normalized spacial score (nSPS) is 16.3. The number of nitrogens with one attached hydrogen (secondary N) is 1. The van der Waals surface area contributed by atoms with Crippen molar-refractivity contribution in [2.75, 3.05) is 0 Å². The standard InChI is InChI=1S/C18H25N3O2/c1-3-6-16(20-13(2)18(19)23)9-10-17(22)21-11-14-7-4-5-8-15(14)12-21/h4-5,7-10,13,16,20H,3,6,11-12H2,1-2H3,(H2,19,23)/t13-,16-/m0/s1. The summed E-state index contributed by atoms with van der Waals surface area (Å²) in [5, 5.41) is 3.15. The molecule has 1 aromatic carbocycles. The number of carbonyl (C=O) groups excluding carboxylic acids is 2. The van der Waals surface area contributed by atoms with Crippen molar-refractivity contribution in [2.45, 2.75) is 51.9 Å². The van der Waals surface area contributed by atoms with Crippen molar-refractivity contribution in [1.29, 1.82) is 0 Å². The van der Waals surface area contributed by atoms with Gasteiger partial charge in [-0.3, -0.25) is 14.9 Å². The Kier molecular flexibility index (Phi) is 5.93. The average molecular weight is 315 g/mol. The molecule has 0 aliphatic carbocycles. The summed E-state index contributed by atoms with van der Waals surface area (Å²) in [7, 11) is 0. The van der Waals surface area contributed by atoms with E-state index in [9.17, 15) is 9.59 Å². The van der Waals surface area contributed by atoms with Crippen molar-refractivity contribution in [3.63, 3.8) is 0 Å². The van der Waals surface area contributed by atoms with E-state index in [1.54, 1.807) is 13.0 Å². The summed E-state index contributed by atoms with van der Waals surface area (Å²) in [4.78, 5) is 25.4. The second-order valence-electron chi connectivity index (χ2n) is 6.01. The SMILES string of the molecule is CCC[C@@H](C=CC(=O)N1Cc2ccccc2C1)N[C@@H](C)C(N)=O. The highest BCUT2D eigenvalue weighted by atomic mass is 16.2. The van der Waals surface area contributed by atoms with E-state index >= 15 is 0 Å². The minimum atomic E-state index is -0.414. The van der Waals surface area contributed by atoms with Crippen molar-refractivity contribution >= 4 is 11.8 Å². The molecule has 2 rings (SSSR count). The van der Waals surface area contributed by atoms with Crippen LogP contribution in [0.3, 0.4) is 0 Å². The maximum Gasteiger partial charge on any atom is 0.246 e. The number of nitrogens with zero attached hydrogens (tertiary/aromatic N) is 1. The van der Waals surface area contributed by atoms with Gasteiger partial charge in [0.25, 0.3) is 0 Å². The largest absolute Gasteiger partial charge is 0.368 e. The molecule has 0 saturated carbocycles. The summed E-state index contributed by atoms with van der Waals surface area (Å²) in [5.41, 5.74) is 7.70. The molecule has 0 spiro atoms. The third kappa shape index (κ3) is 4.66. The Balaban J connectivity index is 1.95. The Hall–Kier alpha value is -2.14. The third-order valence-corrected chi connectivity index (χ3v) is 4.11. The first-order valence-corrected chi connectivity index (χ1v) is 8.10. The molecule has 0 bridgehead atoms. The zero-order valence-corrected chi connectivity index (χ0v) is 13.8.